The summed E-state index contributed by atoms with van der Waals surface area (Å²) in [6.45, 7) is 3.19. The van der Waals surface area contributed by atoms with Crippen LogP contribution in [0.15, 0.2) is 22.7 Å². The van der Waals surface area contributed by atoms with Gasteiger partial charge in [-0.1, -0.05) is 15.9 Å². The van der Waals surface area contributed by atoms with Crippen molar-refractivity contribution >= 4 is 33.6 Å². The summed E-state index contributed by atoms with van der Waals surface area (Å²) in [6, 6.07) is 5.56. The van der Waals surface area contributed by atoms with Crippen LogP contribution in [0.1, 0.15) is 24.8 Å². The van der Waals surface area contributed by atoms with Crippen molar-refractivity contribution in [2.24, 2.45) is 5.92 Å². The van der Waals surface area contributed by atoms with Crippen LogP contribution < -0.4 is 5.32 Å². The fourth-order valence-electron chi connectivity index (χ4n) is 2.51. The fraction of sp³-hybridized carbons (Fsp3) is 0.467. The largest absolute Gasteiger partial charge is 0.481 e. The highest BCUT2D eigenvalue weighted by atomic mass is 79.9. The van der Waals surface area contributed by atoms with E-state index in [1.807, 2.05) is 25.1 Å². The number of anilines is 1. The average molecular weight is 355 g/mol. The molecule has 5 nitrogen and oxygen atoms in total. The molecule has 0 unspecified atom stereocenters. The standard InChI is InChI=1S/C15H19BrN2O3/c1-10-8-12(2-3-13(10)16)17-15(21)18-6-4-11(5-7-18)9-14(19)20/h2-3,8,11H,4-7,9H2,1H3,(H,17,21)(H,19,20). The number of likely N-dealkylation sites (tertiary alicyclic amines) is 1. The van der Waals surface area contributed by atoms with E-state index in [1.54, 1.807) is 4.90 Å². The summed E-state index contributed by atoms with van der Waals surface area (Å²) in [5, 5.41) is 11.7. The van der Waals surface area contributed by atoms with Gasteiger partial charge in [-0.3, -0.25) is 4.79 Å². The highest BCUT2D eigenvalue weighted by Crippen LogP contribution is 2.23. The Morgan fingerprint density at radius 2 is 2.05 bits per heavy atom. The van der Waals surface area contributed by atoms with Gasteiger partial charge in [0.1, 0.15) is 0 Å². The van der Waals surface area contributed by atoms with Crippen LogP contribution in [0.2, 0.25) is 0 Å². The topological polar surface area (TPSA) is 69.6 Å². The van der Waals surface area contributed by atoms with Gasteiger partial charge in [0, 0.05) is 29.7 Å². The maximum absolute atomic E-state index is 12.2. The van der Waals surface area contributed by atoms with Crippen molar-refractivity contribution in [3.8, 4) is 0 Å². The highest BCUT2D eigenvalue weighted by Gasteiger charge is 2.24. The molecule has 1 aliphatic heterocycles. The molecule has 21 heavy (non-hydrogen) atoms. The second-order valence-corrected chi connectivity index (χ2v) is 6.28. The molecule has 2 N–H and O–H groups in total. The number of piperidine rings is 1. The highest BCUT2D eigenvalue weighted by molar-refractivity contribution is 9.10. The van der Waals surface area contributed by atoms with Crippen molar-refractivity contribution in [3.63, 3.8) is 0 Å². The van der Waals surface area contributed by atoms with E-state index in [-0.39, 0.29) is 18.4 Å². The minimum Gasteiger partial charge on any atom is -0.481 e. The molecule has 1 aromatic carbocycles. The molecule has 0 bridgehead atoms. The predicted molar refractivity (Wildman–Crippen MR) is 84.4 cm³/mol. The first-order valence-corrected chi connectivity index (χ1v) is 7.79. The van der Waals surface area contributed by atoms with Gasteiger partial charge in [-0.05, 0) is 49.4 Å². The van der Waals surface area contributed by atoms with E-state index in [1.165, 1.54) is 0 Å². The van der Waals surface area contributed by atoms with E-state index in [2.05, 4.69) is 21.2 Å². The SMILES string of the molecule is Cc1cc(NC(=O)N2CCC(CC(=O)O)CC2)ccc1Br. The van der Waals surface area contributed by atoms with E-state index < -0.39 is 5.97 Å². The average Bonchev–Trinajstić information content (AvgIpc) is 2.43. The van der Waals surface area contributed by atoms with Crippen molar-refractivity contribution in [3.05, 3.63) is 28.2 Å². The summed E-state index contributed by atoms with van der Waals surface area (Å²) in [5.74, 6) is -0.579. The molecule has 6 heteroatoms. The van der Waals surface area contributed by atoms with Gasteiger partial charge in [-0.25, -0.2) is 4.79 Å². The maximum Gasteiger partial charge on any atom is 0.321 e. The molecule has 0 spiro atoms. The number of nitrogens with one attached hydrogen (secondary N) is 1. The second kappa shape index (κ2) is 6.93. The fourth-order valence-corrected chi connectivity index (χ4v) is 2.76. The Morgan fingerprint density at radius 1 is 1.38 bits per heavy atom. The number of carboxylic acid groups (broad SMARTS) is 1. The number of aliphatic carboxylic acids is 1. The van der Waals surface area contributed by atoms with Gasteiger partial charge < -0.3 is 15.3 Å². The molecule has 0 atom stereocenters. The van der Waals surface area contributed by atoms with Gasteiger partial charge in [0.15, 0.2) is 0 Å². The minimum atomic E-state index is -0.761. The number of benzene rings is 1. The van der Waals surface area contributed by atoms with Gasteiger partial charge >= 0.3 is 12.0 Å². The monoisotopic (exact) mass is 354 g/mol. The minimum absolute atomic E-state index is 0.120. The molecule has 1 saturated heterocycles. The van der Waals surface area contributed by atoms with Crippen molar-refractivity contribution in [1.82, 2.24) is 4.90 Å². The molecule has 2 amide bonds. The number of carbonyl (C=O) groups is 2. The molecule has 0 saturated carbocycles. The molecule has 1 heterocycles. The Kier molecular flexibility index (Phi) is 5.22. The Labute approximate surface area is 132 Å². The molecule has 2 rings (SSSR count). The number of carbonyl (C=O) groups excluding carboxylic acids is 1. The maximum atomic E-state index is 12.2. The predicted octanol–water partition coefficient (Wildman–Crippen LogP) is 3.48. The van der Waals surface area contributed by atoms with E-state index >= 15 is 0 Å². The Balaban J connectivity index is 1.87. The first-order chi connectivity index (χ1) is 9.95. The summed E-state index contributed by atoms with van der Waals surface area (Å²) in [4.78, 5) is 24.6. The summed E-state index contributed by atoms with van der Waals surface area (Å²) < 4.78 is 1.01. The Hall–Kier alpha value is -1.56. The summed E-state index contributed by atoms with van der Waals surface area (Å²) in [5.41, 5.74) is 1.83. The number of aryl methyl sites for hydroxylation is 1. The zero-order chi connectivity index (χ0) is 15.4. The summed E-state index contributed by atoms with van der Waals surface area (Å²) >= 11 is 3.43. The Morgan fingerprint density at radius 3 is 2.62 bits per heavy atom. The lowest BCUT2D eigenvalue weighted by molar-refractivity contribution is -0.138. The van der Waals surface area contributed by atoms with Gasteiger partial charge in [-0.15, -0.1) is 0 Å². The van der Waals surface area contributed by atoms with Crippen LogP contribution >= 0.6 is 15.9 Å². The number of rotatable bonds is 3. The molecule has 1 aliphatic rings. The van der Waals surface area contributed by atoms with Gasteiger partial charge in [0.25, 0.3) is 0 Å². The van der Waals surface area contributed by atoms with Crippen molar-refractivity contribution < 1.29 is 14.7 Å². The quantitative estimate of drug-likeness (QED) is 0.872. The number of hydrogen-bond acceptors (Lipinski definition) is 2. The van der Waals surface area contributed by atoms with Crippen LogP contribution in [0.3, 0.4) is 0 Å². The third-order valence-electron chi connectivity index (χ3n) is 3.77. The van der Waals surface area contributed by atoms with Crippen molar-refractivity contribution in [1.29, 1.82) is 0 Å². The molecule has 1 aromatic rings. The molecule has 114 valence electrons. The number of hydrogen-bond donors (Lipinski definition) is 2. The number of urea groups is 1. The van der Waals surface area contributed by atoms with E-state index in [0.29, 0.717) is 13.1 Å². The molecular weight excluding hydrogens is 336 g/mol. The lowest BCUT2D eigenvalue weighted by Gasteiger charge is -2.31. The lowest BCUT2D eigenvalue weighted by Crippen LogP contribution is -2.41. The Bertz CT molecular complexity index is 540. The van der Waals surface area contributed by atoms with Crippen LogP contribution in [-0.4, -0.2) is 35.1 Å². The van der Waals surface area contributed by atoms with E-state index in [4.69, 9.17) is 5.11 Å². The molecule has 0 radical (unpaired) electrons. The molecule has 0 aliphatic carbocycles. The van der Waals surface area contributed by atoms with E-state index in [0.717, 1.165) is 28.6 Å². The lowest BCUT2D eigenvalue weighted by atomic mass is 9.94. The number of halogens is 1. The molecular formula is C15H19BrN2O3. The third-order valence-corrected chi connectivity index (χ3v) is 4.66. The first kappa shape index (κ1) is 15.8. The van der Waals surface area contributed by atoms with Crippen LogP contribution in [0, 0.1) is 12.8 Å². The first-order valence-electron chi connectivity index (χ1n) is 6.99. The van der Waals surface area contributed by atoms with Crippen LogP contribution in [-0.2, 0) is 4.79 Å². The zero-order valence-corrected chi connectivity index (χ0v) is 13.5. The van der Waals surface area contributed by atoms with Crippen LogP contribution in [0.25, 0.3) is 0 Å². The number of nitrogens with zero attached hydrogens (tertiary/aromatic N) is 1. The van der Waals surface area contributed by atoms with Gasteiger partial charge in [0.2, 0.25) is 0 Å². The normalized spacial score (nSPS) is 15.8. The van der Waals surface area contributed by atoms with Gasteiger partial charge in [0.05, 0.1) is 0 Å². The molecule has 0 aromatic heterocycles. The van der Waals surface area contributed by atoms with Crippen LogP contribution in [0.4, 0.5) is 10.5 Å². The zero-order valence-electron chi connectivity index (χ0n) is 11.9. The molecule has 1 fully saturated rings. The van der Waals surface area contributed by atoms with Gasteiger partial charge in [-0.2, -0.15) is 0 Å². The smallest absolute Gasteiger partial charge is 0.321 e. The van der Waals surface area contributed by atoms with Crippen molar-refractivity contribution in [2.45, 2.75) is 26.2 Å². The summed E-state index contributed by atoms with van der Waals surface area (Å²) in [6.07, 6.45) is 1.69. The number of carboxylic acids is 1. The van der Waals surface area contributed by atoms with E-state index in [9.17, 15) is 9.59 Å². The number of amides is 2. The van der Waals surface area contributed by atoms with Crippen molar-refractivity contribution in [2.75, 3.05) is 18.4 Å². The summed E-state index contributed by atoms with van der Waals surface area (Å²) in [7, 11) is 0. The third kappa shape index (κ3) is 4.46. The van der Waals surface area contributed by atoms with Crippen LogP contribution in [0.5, 0.6) is 0 Å². The second-order valence-electron chi connectivity index (χ2n) is 5.42.